The summed E-state index contributed by atoms with van der Waals surface area (Å²) in [5.74, 6) is -0.383. The van der Waals surface area contributed by atoms with E-state index in [1.165, 1.54) is 25.2 Å². The Hall–Kier alpha value is -2.75. The summed E-state index contributed by atoms with van der Waals surface area (Å²) in [5, 5.41) is 13.8. The maximum Gasteiger partial charge on any atom is 0.325 e. The number of anilines is 1. The predicted octanol–water partition coefficient (Wildman–Crippen LogP) is 5.20. The lowest BCUT2D eigenvalue weighted by atomic mass is 9.75. The molecule has 2 N–H and O–H groups in total. The number of fused-ring (bicyclic) bond motifs is 1. The minimum absolute atomic E-state index is 0.0304. The number of nitrogens with one attached hydrogen (secondary N) is 1. The average molecular weight is 583 g/mol. The van der Waals surface area contributed by atoms with Crippen molar-refractivity contribution >= 4 is 11.8 Å². The number of carboxylic acids is 1. The Balaban J connectivity index is 1.17. The minimum Gasteiger partial charge on any atom is -0.493 e. The van der Waals surface area contributed by atoms with Gasteiger partial charge in [-0.1, -0.05) is 19.4 Å². The Morgan fingerprint density at radius 2 is 2.10 bits per heavy atom. The van der Waals surface area contributed by atoms with Gasteiger partial charge >= 0.3 is 5.97 Å². The number of aryl methyl sites for hydroxylation is 2. The van der Waals surface area contributed by atoms with E-state index in [0.29, 0.717) is 31.9 Å². The Morgan fingerprint density at radius 3 is 2.86 bits per heavy atom. The molecule has 230 valence electrons. The third-order valence-electron chi connectivity index (χ3n) is 9.68. The molecule has 1 aromatic heterocycles. The number of unbranched alkanes of at least 4 members (excludes halogenated alkanes) is 2. The first-order chi connectivity index (χ1) is 20.3. The summed E-state index contributed by atoms with van der Waals surface area (Å²) in [6, 6.07) is 7.08. The average Bonchev–Trinajstić information content (AvgIpc) is 3.47. The molecule has 1 aromatic carbocycles. The van der Waals surface area contributed by atoms with Crippen molar-refractivity contribution in [1.29, 1.82) is 0 Å². The lowest BCUT2D eigenvalue weighted by Crippen LogP contribution is -2.38. The van der Waals surface area contributed by atoms with E-state index < -0.39 is 17.8 Å². The van der Waals surface area contributed by atoms with Crippen LogP contribution in [0.2, 0.25) is 0 Å². The summed E-state index contributed by atoms with van der Waals surface area (Å²) < 4.78 is 26.3. The number of hydrogen-bond donors (Lipinski definition) is 2. The molecule has 0 unspecified atom stereocenters. The number of nitrogens with zero attached hydrogens (tertiary/aromatic N) is 3. The molecule has 0 radical (unpaired) electrons. The normalized spacial score (nSPS) is 21.1. The highest BCUT2D eigenvalue weighted by Crippen LogP contribution is 2.41. The first kappa shape index (κ1) is 30.7. The summed E-state index contributed by atoms with van der Waals surface area (Å²) >= 11 is 0. The van der Waals surface area contributed by atoms with Gasteiger partial charge in [0.25, 0.3) is 0 Å². The second-order valence-electron chi connectivity index (χ2n) is 12.6. The first-order valence-corrected chi connectivity index (χ1v) is 15.6. The molecule has 2 fully saturated rings. The number of aliphatic carboxylic acids is 1. The summed E-state index contributed by atoms with van der Waals surface area (Å²) in [4.78, 5) is 21.8. The quantitative estimate of drug-likeness (QED) is 0.331. The molecule has 3 aliphatic heterocycles. The number of hydrogen-bond acceptors (Lipinski definition) is 7. The van der Waals surface area contributed by atoms with Gasteiger partial charge < -0.3 is 24.8 Å². The van der Waals surface area contributed by atoms with Crippen LogP contribution in [0.1, 0.15) is 80.3 Å². The van der Waals surface area contributed by atoms with E-state index >= 15 is 4.39 Å². The van der Waals surface area contributed by atoms with Crippen molar-refractivity contribution in [3.8, 4) is 5.75 Å². The predicted molar refractivity (Wildman–Crippen MR) is 162 cm³/mol. The number of likely N-dealkylation sites (tertiary alicyclic amines) is 1. The fraction of sp³-hybridized carbons (Fsp3) is 0.636. The number of pyridine rings is 1. The Kier molecular flexibility index (Phi) is 10.0. The van der Waals surface area contributed by atoms with Crippen molar-refractivity contribution in [3.05, 3.63) is 52.5 Å². The largest absolute Gasteiger partial charge is 0.493 e. The standard InChI is InChI=1S/C33H47FN4O4/c1-33(13-18-42-19-14-33)24-20-27(30(41-3)28(34)21-24)29(32(39)40)38-17-12-26(22-38)37(2)16-6-4-5-9-25-11-10-23-8-7-15-35-31(23)36-25/h10-11,20-21,26,29H,4-9,12-19,22H2,1-3H3,(H,35,36)(H,39,40)/t26-,29+/m1/s1. The van der Waals surface area contributed by atoms with Crippen LogP contribution in [0.5, 0.6) is 5.75 Å². The molecule has 0 saturated carbocycles. The van der Waals surface area contributed by atoms with Crippen molar-refractivity contribution < 1.29 is 23.8 Å². The van der Waals surface area contributed by atoms with Crippen LogP contribution in [0.15, 0.2) is 24.3 Å². The van der Waals surface area contributed by atoms with Crippen LogP contribution in [0.4, 0.5) is 10.2 Å². The Morgan fingerprint density at radius 1 is 1.29 bits per heavy atom. The van der Waals surface area contributed by atoms with Crippen LogP contribution in [0.25, 0.3) is 0 Å². The first-order valence-electron chi connectivity index (χ1n) is 15.6. The van der Waals surface area contributed by atoms with Crippen LogP contribution >= 0.6 is 0 Å². The van der Waals surface area contributed by atoms with Crippen molar-refractivity contribution in [1.82, 2.24) is 14.8 Å². The van der Waals surface area contributed by atoms with E-state index in [4.69, 9.17) is 14.5 Å². The van der Waals surface area contributed by atoms with Crippen LogP contribution in [-0.2, 0) is 27.8 Å². The van der Waals surface area contributed by atoms with Gasteiger partial charge in [-0.25, -0.2) is 9.37 Å². The monoisotopic (exact) mass is 582 g/mol. The SMILES string of the molecule is COc1c(F)cc(C2(C)CCOCC2)cc1[C@@H](C(=O)O)N1CC[C@@H](N(C)CCCCCc2ccc3c(n2)NCCC3)C1. The summed E-state index contributed by atoms with van der Waals surface area (Å²) in [7, 11) is 3.54. The van der Waals surface area contributed by atoms with Crippen molar-refractivity contribution in [3.63, 3.8) is 0 Å². The fourth-order valence-electron chi connectivity index (χ4n) is 6.88. The zero-order chi connectivity index (χ0) is 29.7. The molecule has 9 heteroatoms. The molecule has 2 atom stereocenters. The van der Waals surface area contributed by atoms with Crippen LogP contribution in [0, 0.1) is 5.82 Å². The van der Waals surface area contributed by atoms with E-state index in [9.17, 15) is 9.90 Å². The molecule has 4 heterocycles. The molecular weight excluding hydrogens is 535 g/mol. The number of carbonyl (C=O) groups is 1. The fourth-order valence-corrected chi connectivity index (χ4v) is 6.88. The molecule has 2 aromatic rings. The topological polar surface area (TPSA) is 87.2 Å². The van der Waals surface area contributed by atoms with Crippen molar-refractivity contribution in [2.75, 3.05) is 58.9 Å². The van der Waals surface area contributed by atoms with Gasteiger partial charge in [-0.2, -0.15) is 0 Å². The number of ether oxygens (including phenoxy) is 2. The number of rotatable bonds is 12. The molecule has 5 rings (SSSR count). The lowest BCUT2D eigenvalue weighted by molar-refractivity contribution is -0.143. The summed E-state index contributed by atoms with van der Waals surface area (Å²) in [6.07, 6.45) is 9.00. The van der Waals surface area contributed by atoms with Gasteiger partial charge in [-0.05, 0) is 99.7 Å². The molecule has 0 amide bonds. The lowest BCUT2D eigenvalue weighted by Gasteiger charge is -2.35. The molecule has 0 aliphatic carbocycles. The highest BCUT2D eigenvalue weighted by molar-refractivity contribution is 5.77. The number of halogens is 1. The van der Waals surface area contributed by atoms with Crippen molar-refractivity contribution in [2.24, 2.45) is 0 Å². The van der Waals surface area contributed by atoms with Crippen LogP contribution in [-0.4, -0.2) is 85.5 Å². The third kappa shape index (κ3) is 6.90. The molecule has 3 aliphatic rings. The van der Waals surface area contributed by atoms with Crippen molar-refractivity contribution in [2.45, 2.75) is 82.2 Å². The second kappa shape index (κ2) is 13.7. The number of benzene rings is 1. The van der Waals surface area contributed by atoms with E-state index in [0.717, 1.165) is 81.5 Å². The maximum atomic E-state index is 15.4. The molecule has 42 heavy (non-hydrogen) atoms. The van der Waals surface area contributed by atoms with Gasteiger partial charge in [-0.3, -0.25) is 9.69 Å². The maximum absolute atomic E-state index is 15.4. The van der Waals surface area contributed by atoms with E-state index in [-0.39, 0.29) is 17.2 Å². The van der Waals surface area contributed by atoms with Gasteiger partial charge in [0.1, 0.15) is 11.9 Å². The summed E-state index contributed by atoms with van der Waals surface area (Å²) in [5.41, 5.74) is 3.45. The van der Waals surface area contributed by atoms with Gasteiger partial charge in [-0.15, -0.1) is 0 Å². The van der Waals surface area contributed by atoms with E-state index in [1.54, 1.807) is 0 Å². The Labute approximate surface area is 249 Å². The molecule has 0 spiro atoms. The van der Waals surface area contributed by atoms with E-state index in [1.807, 2.05) is 11.0 Å². The van der Waals surface area contributed by atoms with Crippen LogP contribution in [0.3, 0.4) is 0 Å². The smallest absolute Gasteiger partial charge is 0.325 e. The van der Waals surface area contributed by atoms with E-state index in [2.05, 4.69) is 36.3 Å². The Bertz CT molecular complexity index is 1230. The molecular formula is C33H47FN4O4. The molecule has 2 saturated heterocycles. The number of methoxy groups -OCH3 is 1. The highest BCUT2D eigenvalue weighted by atomic mass is 19.1. The minimum atomic E-state index is -0.976. The third-order valence-corrected chi connectivity index (χ3v) is 9.68. The zero-order valence-electron chi connectivity index (χ0n) is 25.5. The van der Waals surface area contributed by atoms with Gasteiger partial charge in [0.2, 0.25) is 0 Å². The van der Waals surface area contributed by atoms with Crippen LogP contribution < -0.4 is 10.1 Å². The summed E-state index contributed by atoms with van der Waals surface area (Å²) in [6.45, 7) is 6.58. The number of aromatic nitrogens is 1. The number of likely N-dealkylation sites (N-methyl/N-ethyl adjacent to an activating group) is 1. The molecule has 0 bridgehead atoms. The van der Waals surface area contributed by atoms with Gasteiger partial charge in [0.05, 0.1) is 7.11 Å². The number of carboxylic acid groups (broad SMARTS) is 1. The van der Waals surface area contributed by atoms with Gasteiger partial charge in [0.15, 0.2) is 11.6 Å². The highest BCUT2D eigenvalue weighted by Gasteiger charge is 2.39. The van der Waals surface area contributed by atoms with Gasteiger partial charge in [0, 0.05) is 50.1 Å². The zero-order valence-corrected chi connectivity index (χ0v) is 25.5. The molecule has 8 nitrogen and oxygen atoms in total. The second-order valence-corrected chi connectivity index (χ2v) is 12.6.